The number of ether oxygens (including phenoxy) is 2. The van der Waals surface area contributed by atoms with Crippen molar-refractivity contribution in [2.75, 3.05) is 47.5 Å². The van der Waals surface area contributed by atoms with E-state index in [1.807, 2.05) is 27.2 Å². The molecule has 1 unspecified atom stereocenters. The molecule has 0 aliphatic carbocycles. The van der Waals surface area contributed by atoms with Gasteiger partial charge in [0.15, 0.2) is 6.10 Å². The maximum Gasteiger partial charge on any atom is 0.306 e. The van der Waals surface area contributed by atoms with Crippen molar-refractivity contribution in [2.45, 2.75) is 232 Å². The highest BCUT2D eigenvalue weighted by Gasteiger charge is 2.21. The van der Waals surface area contributed by atoms with E-state index in [4.69, 9.17) is 18.5 Å². The molecule has 57 heavy (non-hydrogen) atoms. The number of unbranched alkanes of at least 4 members (excludes halogenated alkanes) is 28. The van der Waals surface area contributed by atoms with Crippen molar-refractivity contribution >= 4 is 19.8 Å². The predicted molar refractivity (Wildman–Crippen MR) is 236 cm³/mol. The van der Waals surface area contributed by atoms with Crippen LogP contribution in [-0.4, -0.2) is 70.0 Å². The van der Waals surface area contributed by atoms with Crippen LogP contribution in [0.25, 0.3) is 0 Å². The zero-order valence-corrected chi connectivity index (χ0v) is 38.9. The van der Waals surface area contributed by atoms with Gasteiger partial charge in [0, 0.05) is 12.8 Å². The third kappa shape index (κ3) is 44.1. The summed E-state index contributed by atoms with van der Waals surface area (Å²) in [6.45, 7) is 4.22. The zero-order valence-electron chi connectivity index (χ0n) is 38.1. The van der Waals surface area contributed by atoms with Gasteiger partial charge in [0.1, 0.15) is 19.8 Å². The van der Waals surface area contributed by atoms with Gasteiger partial charge < -0.3 is 27.9 Å². The van der Waals surface area contributed by atoms with Gasteiger partial charge in [0.05, 0.1) is 27.7 Å². The summed E-state index contributed by atoms with van der Waals surface area (Å²) in [6, 6.07) is 0. The minimum absolute atomic E-state index is 0.0331. The standard InChI is InChI=1S/C47H92NO8P/c1-6-8-10-12-14-16-18-20-22-23-24-26-27-29-31-33-35-37-39-46(49)53-43-45(44-55-57(51,52)54-42-41-48(3,4)5)56-47(50)40-38-36-34-32-30-28-25-21-19-17-15-13-11-9-7-2/h34,36,45H,6-33,35,37-44H2,1-5H3/b36-34+/t45-/m1/s1. The average molecular weight is 830 g/mol. The highest BCUT2D eigenvalue weighted by Crippen LogP contribution is 2.38. The lowest BCUT2D eigenvalue weighted by atomic mass is 10.0. The monoisotopic (exact) mass is 830 g/mol. The molecule has 2 atom stereocenters. The Labute approximate surface area is 352 Å². The molecular weight excluding hydrogens is 737 g/mol. The van der Waals surface area contributed by atoms with Gasteiger partial charge in [-0.1, -0.05) is 199 Å². The van der Waals surface area contributed by atoms with Crippen LogP contribution >= 0.6 is 7.82 Å². The number of likely N-dealkylation sites (N-methyl/N-ethyl adjacent to an activating group) is 1. The molecule has 0 N–H and O–H groups in total. The fourth-order valence-electron chi connectivity index (χ4n) is 6.79. The van der Waals surface area contributed by atoms with Gasteiger partial charge in [-0.05, 0) is 25.7 Å². The fourth-order valence-corrected chi connectivity index (χ4v) is 7.52. The maximum absolute atomic E-state index is 12.7. The summed E-state index contributed by atoms with van der Waals surface area (Å²) < 4.78 is 33.9. The first-order chi connectivity index (χ1) is 27.5. The van der Waals surface area contributed by atoms with Crippen LogP contribution in [-0.2, 0) is 32.7 Å². The van der Waals surface area contributed by atoms with E-state index in [-0.39, 0.29) is 32.0 Å². The van der Waals surface area contributed by atoms with Crippen LogP contribution in [0, 0.1) is 0 Å². The fraction of sp³-hybridized carbons (Fsp3) is 0.915. The molecule has 0 heterocycles. The number of carbonyl (C=O) groups is 2. The number of rotatable bonds is 44. The van der Waals surface area contributed by atoms with Crippen LogP contribution in [0.5, 0.6) is 0 Å². The van der Waals surface area contributed by atoms with Crippen molar-refractivity contribution in [3.63, 3.8) is 0 Å². The van der Waals surface area contributed by atoms with E-state index in [2.05, 4.69) is 19.9 Å². The summed E-state index contributed by atoms with van der Waals surface area (Å²) >= 11 is 0. The van der Waals surface area contributed by atoms with Crippen LogP contribution < -0.4 is 4.89 Å². The van der Waals surface area contributed by atoms with Crippen molar-refractivity contribution in [3.05, 3.63) is 12.2 Å². The van der Waals surface area contributed by atoms with Crippen molar-refractivity contribution in [1.29, 1.82) is 0 Å². The minimum atomic E-state index is -4.63. The second-order valence-corrected chi connectivity index (χ2v) is 18.9. The molecule has 0 bridgehead atoms. The number of quaternary nitrogens is 1. The summed E-state index contributed by atoms with van der Waals surface area (Å²) in [5.41, 5.74) is 0. The lowest BCUT2D eigenvalue weighted by Gasteiger charge is -2.28. The van der Waals surface area contributed by atoms with Crippen molar-refractivity contribution in [2.24, 2.45) is 0 Å². The van der Waals surface area contributed by atoms with Crippen molar-refractivity contribution in [1.82, 2.24) is 0 Å². The summed E-state index contributed by atoms with van der Waals surface area (Å²) in [5, 5.41) is 0. The molecule has 9 nitrogen and oxygen atoms in total. The van der Waals surface area contributed by atoms with Gasteiger partial charge >= 0.3 is 11.9 Å². The predicted octanol–water partition coefficient (Wildman–Crippen LogP) is 13.1. The third-order valence-electron chi connectivity index (χ3n) is 10.5. The Balaban J connectivity index is 4.29. The summed E-state index contributed by atoms with van der Waals surface area (Å²) in [6.07, 6.45) is 42.5. The molecule has 0 aliphatic rings. The van der Waals surface area contributed by atoms with E-state index in [1.54, 1.807) is 0 Å². The second kappa shape index (κ2) is 40.2. The SMILES string of the molecule is CCCCCCCCCCCCC/C=C/CCC(=O)O[C@H](COC(=O)CCCCCCCCCCCCCCCCCCCC)COP(=O)([O-])OCC[N+](C)(C)C. The highest BCUT2D eigenvalue weighted by atomic mass is 31.2. The second-order valence-electron chi connectivity index (χ2n) is 17.5. The molecule has 0 spiro atoms. The summed E-state index contributed by atoms with van der Waals surface area (Å²) in [5.74, 6) is -0.878. The van der Waals surface area contributed by atoms with Gasteiger partial charge in [-0.2, -0.15) is 0 Å². The van der Waals surface area contributed by atoms with Crippen LogP contribution in [0.4, 0.5) is 0 Å². The molecule has 0 aromatic heterocycles. The normalized spacial score (nSPS) is 13.6. The molecule has 0 aromatic rings. The number of phosphoric ester groups is 1. The Bertz CT molecular complexity index is 985. The lowest BCUT2D eigenvalue weighted by molar-refractivity contribution is -0.870. The van der Waals surface area contributed by atoms with Gasteiger partial charge in [0.2, 0.25) is 0 Å². The smallest absolute Gasteiger partial charge is 0.306 e. The lowest BCUT2D eigenvalue weighted by Crippen LogP contribution is -2.37. The molecule has 10 heteroatoms. The van der Waals surface area contributed by atoms with Gasteiger partial charge in [-0.15, -0.1) is 0 Å². The van der Waals surface area contributed by atoms with E-state index in [1.165, 1.54) is 161 Å². The van der Waals surface area contributed by atoms with Crippen molar-refractivity contribution < 1.29 is 42.1 Å². The molecule has 338 valence electrons. The third-order valence-corrected chi connectivity index (χ3v) is 11.5. The minimum Gasteiger partial charge on any atom is -0.756 e. The van der Waals surface area contributed by atoms with Gasteiger partial charge in [-0.3, -0.25) is 14.2 Å². The molecule has 0 saturated carbocycles. The number of nitrogens with zero attached hydrogens (tertiary/aromatic N) is 1. The molecular formula is C47H92NO8P. The van der Waals surface area contributed by atoms with Crippen LogP contribution in [0.15, 0.2) is 12.2 Å². The Morgan fingerprint density at radius 3 is 1.37 bits per heavy atom. The average Bonchev–Trinajstić information content (AvgIpc) is 3.16. The Hall–Kier alpha value is -1.25. The number of phosphoric acid groups is 1. The van der Waals surface area contributed by atoms with E-state index < -0.39 is 26.5 Å². The first kappa shape index (κ1) is 55.8. The molecule has 0 amide bonds. The van der Waals surface area contributed by atoms with Crippen LogP contribution in [0.2, 0.25) is 0 Å². The topological polar surface area (TPSA) is 111 Å². The first-order valence-corrected chi connectivity index (χ1v) is 25.4. The largest absolute Gasteiger partial charge is 0.756 e. The van der Waals surface area contributed by atoms with Gasteiger partial charge in [-0.25, -0.2) is 0 Å². The Morgan fingerprint density at radius 1 is 0.526 bits per heavy atom. The summed E-state index contributed by atoms with van der Waals surface area (Å²) in [7, 11) is 1.16. The molecule has 0 saturated heterocycles. The van der Waals surface area contributed by atoms with Crippen molar-refractivity contribution in [3.8, 4) is 0 Å². The van der Waals surface area contributed by atoms with E-state index in [9.17, 15) is 19.0 Å². The van der Waals surface area contributed by atoms with Crippen LogP contribution in [0.3, 0.4) is 0 Å². The quantitative estimate of drug-likeness (QED) is 0.0196. The molecule has 0 aliphatic heterocycles. The van der Waals surface area contributed by atoms with E-state index in [0.29, 0.717) is 17.4 Å². The van der Waals surface area contributed by atoms with Gasteiger partial charge in [0.25, 0.3) is 7.82 Å². The molecule has 0 aromatic carbocycles. The number of esters is 2. The van der Waals surface area contributed by atoms with E-state index in [0.717, 1.165) is 32.1 Å². The molecule has 0 fully saturated rings. The number of hydrogen-bond donors (Lipinski definition) is 0. The summed E-state index contributed by atoms with van der Waals surface area (Å²) in [4.78, 5) is 37.6. The number of carbonyl (C=O) groups excluding carboxylic acids is 2. The maximum atomic E-state index is 12.7. The van der Waals surface area contributed by atoms with Crippen LogP contribution in [0.1, 0.15) is 226 Å². The number of allylic oxidation sites excluding steroid dienone is 2. The molecule has 0 radical (unpaired) electrons. The highest BCUT2D eigenvalue weighted by molar-refractivity contribution is 7.45. The first-order valence-electron chi connectivity index (χ1n) is 23.9. The number of hydrogen-bond acceptors (Lipinski definition) is 8. The Morgan fingerprint density at radius 2 is 0.930 bits per heavy atom. The molecule has 0 rings (SSSR count). The Kier molecular flexibility index (Phi) is 39.3. The van der Waals surface area contributed by atoms with E-state index >= 15 is 0 Å². The zero-order chi connectivity index (χ0) is 42.1.